The van der Waals surface area contributed by atoms with E-state index in [1.54, 1.807) is 50.2 Å². The van der Waals surface area contributed by atoms with Gasteiger partial charge < -0.3 is 14.6 Å². The molecular formula is C20H20ClN3O5S. The zero-order valence-electron chi connectivity index (χ0n) is 16.5. The van der Waals surface area contributed by atoms with Gasteiger partial charge in [-0.2, -0.15) is 0 Å². The number of anilines is 1. The van der Waals surface area contributed by atoms with Gasteiger partial charge in [0.15, 0.2) is 0 Å². The van der Waals surface area contributed by atoms with Crippen LogP contribution in [0.2, 0.25) is 5.02 Å². The molecule has 158 valence electrons. The monoisotopic (exact) mass is 449 g/mol. The molecule has 0 bridgehead atoms. The number of hydrogen-bond acceptors (Lipinski definition) is 6. The first-order valence-corrected chi connectivity index (χ1v) is 11.2. The fourth-order valence-corrected chi connectivity index (χ4v) is 3.64. The van der Waals surface area contributed by atoms with Crippen LogP contribution < -0.4 is 14.8 Å². The van der Waals surface area contributed by atoms with Crippen molar-refractivity contribution < 1.29 is 22.5 Å². The molecule has 3 rings (SSSR count). The zero-order chi connectivity index (χ0) is 21.9. The number of aryl methyl sites for hydroxylation is 1. The van der Waals surface area contributed by atoms with Crippen molar-refractivity contribution in [2.24, 2.45) is 0 Å². The van der Waals surface area contributed by atoms with Crippen LogP contribution in [0.5, 0.6) is 5.75 Å². The van der Waals surface area contributed by atoms with Gasteiger partial charge in [-0.3, -0.25) is 4.72 Å². The molecule has 1 atom stereocenters. The SMILES string of the molecule is Cc1noc(-c2ccc(NS(C)(=O)=O)cc2)c1OC(=O)NC(C)c1ccccc1Cl. The van der Waals surface area contributed by atoms with Gasteiger partial charge >= 0.3 is 6.09 Å². The standard InChI is InChI=1S/C20H20ClN3O5S/c1-12(16-6-4-5-7-17(16)21)22-20(25)28-18-13(2)23-29-19(18)14-8-10-15(11-9-14)24-30(3,26)27/h4-12,24H,1-3H3,(H,22,25). The summed E-state index contributed by atoms with van der Waals surface area (Å²) in [6.45, 7) is 3.43. The Hall–Kier alpha value is -3.04. The van der Waals surface area contributed by atoms with Crippen LogP contribution >= 0.6 is 11.6 Å². The molecule has 0 aliphatic rings. The summed E-state index contributed by atoms with van der Waals surface area (Å²) in [7, 11) is -3.39. The Bertz CT molecular complexity index is 1160. The molecule has 0 radical (unpaired) electrons. The number of aromatic nitrogens is 1. The Labute approximate surface area is 179 Å². The largest absolute Gasteiger partial charge is 0.413 e. The minimum Gasteiger partial charge on any atom is -0.404 e. The highest BCUT2D eigenvalue weighted by molar-refractivity contribution is 7.92. The summed E-state index contributed by atoms with van der Waals surface area (Å²) in [5.74, 6) is 0.418. The van der Waals surface area contributed by atoms with Crippen LogP contribution in [0.1, 0.15) is 24.2 Å². The number of nitrogens with one attached hydrogen (secondary N) is 2. The van der Waals surface area contributed by atoms with Gasteiger partial charge in [0.25, 0.3) is 0 Å². The molecule has 30 heavy (non-hydrogen) atoms. The summed E-state index contributed by atoms with van der Waals surface area (Å²) in [5.41, 5.74) is 2.11. The number of benzene rings is 2. The van der Waals surface area contributed by atoms with Crippen molar-refractivity contribution in [3.05, 3.63) is 64.8 Å². The van der Waals surface area contributed by atoms with Gasteiger partial charge in [-0.05, 0) is 49.7 Å². The van der Waals surface area contributed by atoms with Gasteiger partial charge in [0.05, 0.1) is 12.3 Å². The highest BCUT2D eigenvalue weighted by Gasteiger charge is 2.21. The van der Waals surface area contributed by atoms with E-state index < -0.39 is 16.1 Å². The van der Waals surface area contributed by atoms with Crippen molar-refractivity contribution in [3.63, 3.8) is 0 Å². The predicted octanol–water partition coefficient (Wildman–Crippen LogP) is 4.52. The van der Waals surface area contributed by atoms with E-state index in [0.29, 0.717) is 22.0 Å². The van der Waals surface area contributed by atoms with Crippen molar-refractivity contribution in [2.75, 3.05) is 11.0 Å². The molecule has 0 aliphatic carbocycles. The number of sulfonamides is 1. The Morgan fingerprint density at radius 2 is 1.83 bits per heavy atom. The minimum atomic E-state index is -3.39. The number of carbonyl (C=O) groups excluding carboxylic acids is 1. The molecular weight excluding hydrogens is 430 g/mol. The van der Waals surface area contributed by atoms with Crippen molar-refractivity contribution in [2.45, 2.75) is 19.9 Å². The third-order valence-corrected chi connectivity index (χ3v) is 5.11. The molecule has 0 fully saturated rings. The van der Waals surface area contributed by atoms with Gasteiger partial charge in [-0.1, -0.05) is 35.0 Å². The van der Waals surface area contributed by atoms with E-state index in [1.807, 2.05) is 12.1 Å². The fraction of sp³-hybridized carbons (Fsp3) is 0.200. The van der Waals surface area contributed by atoms with E-state index in [9.17, 15) is 13.2 Å². The van der Waals surface area contributed by atoms with E-state index >= 15 is 0 Å². The van der Waals surface area contributed by atoms with E-state index in [-0.39, 0.29) is 17.6 Å². The van der Waals surface area contributed by atoms with Crippen molar-refractivity contribution >= 4 is 33.4 Å². The Morgan fingerprint density at radius 3 is 2.47 bits per heavy atom. The number of ether oxygens (including phenoxy) is 1. The lowest BCUT2D eigenvalue weighted by Crippen LogP contribution is -2.29. The average molecular weight is 450 g/mol. The summed E-state index contributed by atoms with van der Waals surface area (Å²) < 4.78 is 35.8. The first kappa shape index (κ1) is 21.7. The normalized spacial score (nSPS) is 12.3. The number of carbonyl (C=O) groups is 1. The van der Waals surface area contributed by atoms with Crippen molar-refractivity contribution in [1.29, 1.82) is 0 Å². The molecule has 0 spiro atoms. The second-order valence-corrected chi connectivity index (χ2v) is 8.81. The van der Waals surface area contributed by atoms with Gasteiger partial charge in [0.2, 0.25) is 21.5 Å². The molecule has 10 heteroatoms. The third kappa shape index (κ3) is 5.31. The second kappa shape index (κ2) is 8.76. The number of halogens is 1. The lowest BCUT2D eigenvalue weighted by molar-refractivity contribution is 0.196. The molecule has 0 saturated carbocycles. The van der Waals surface area contributed by atoms with Gasteiger partial charge in [0.1, 0.15) is 5.69 Å². The van der Waals surface area contributed by atoms with Gasteiger partial charge in [-0.25, -0.2) is 13.2 Å². The molecule has 8 nitrogen and oxygen atoms in total. The maximum atomic E-state index is 12.4. The fourth-order valence-electron chi connectivity index (χ4n) is 2.77. The summed E-state index contributed by atoms with van der Waals surface area (Å²) in [6.07, 6.45) is 0.375. The highest BCUT2D eigenvalue weighted by atomic mass is 35.5. The number of hydrogen-bond donors (Lipinski definition) is 2. The van der Waals surface area contributed by atoms with Crippen LogP contribution in [0, 0.1) is 6.92 Å². The first-order valence-electron chi connectivity index (χ1n) is 8.91. The number of nitrogens with zero attached hydrogens (tertiary/aromatic N) is 1. The maximum Gasteiger partial charge on any atom is 0.413 e. The molecule has 2 N–H and O–H groups in total. The molecule has 3 aromatic rings. The van der Waals surface area contributed by atoms with E-state index in [4.69, 9.17) is 20.9 Å². The van der Waals surface area contributed by atoms with Crippen molar-refractivity contribution in [3.8, 4) is 17.1 Å². The number of amides is 1. The molecule has 0 saturated heterocycles. The van der Waals surface area contributed by atoms with Crippen LogP contribution in [0.4, 0.5) is 10.5 Å². The summed E-state index contributed by atoms with van der Waals surface area (Å²) >= 11 is 6.17. The third-order valence-electron chi connectivity index (χ3n) is 4.16. The van der Waals surface area contributed by atoms with Crippen LogP contribution in [0.25, 0.3) is 11.3 Å². The summed E-state index contributed by atoms with van der Waals surface area (Å²) in [6, 6.07) is 13.2. The Morgan fingerprint density at radius 1 is 1.17 bits per heavy atom. The van der Waals surface area contributed by atoms with Gasteiger partial charge in [-0.15, -0.1) is 0 Å². The predicted molar refractivity (Wildman–Crippen MR) is 114 cm³/mol. The van der Waals surface area contributed by atoms with E-state index in [0.717, 1.165) is 11.8 Å². The molecule has 1 amide bonds. The van der Waals surface area contributed by atoms with Crippen LogP contribution in [-0.2, 0) is 10.0 Å². The van der Waals surface area contributed by atoms with Crippen LogP contribution in [0.3, 0.4) is 0 Å². The van der Waals surface area contributed by atoms with E-state index in [1.165, 1.54) is 0 Å². The quantitative estimate of drug-likeness (QED) is 0.572. The van der Waals surface area contributed by atoms with Gasteiger partial charge in [0, 0.05) is 16.3 Å². The smallest absolute Gasteiger partial charge is 0.404 e. The van der Waals surface area contributed by atoms with E-state index in [2.05, 4.69) is 15.2 Å². The summed E-state index contributed by atoms with van der Waals surface area (Å²) in [4.78, 5) is 12.4. The van der Waals surface area contributed by atoms with Crippen LogP contribution in [0.15, 0.2) is 53.1 Å². The van der Waals surface area contributed by atoms with Crippen molar-refractivity contribution in [1.82, 2.24) is 10.5 Å². The Balaban J connectivity index is 1.76. The highest BCUT2D eigenvalue weighted by Crippen LogP contribution is 2.34. The lowest BCUT2D eigenvalue weighted by Gasteiger charge is -2.15. The maximum absolute atomic E-state index is 12.4. The first-order chi connectivity index (χ1) is 14.1. The topological polar surface area (TPSA) is 111 Å². The molecule has 2 aromatic carbocycles. The minimum absolute atomic E-state index is 0.169. The second-order valence-electron chi connectivity index (χ2n) is 6.65. The molecule has 1 unspecified atom stereocenters. The zero-order valence-corrected chi connectivity index (χ0v) is 18.0. The molecule has 1 aromatic heterocycles. The molecule has 0 aliphatic heterocycles. The number of rotatable bonds is 6. The average Bonchev–Trinajstić information content (AvgIpc) is 3.02. The molecule has 1 heterocycles. The van der Waals surface area contributed by atoms with Crippen LogP contribution in [-0.4, -0.2) is 25.9 Å². The lowest BCUT2D eigenvalue weighted by atomic mass is 10.1. The Kier molecular flexibility index (Phi) is 6.33. The summed E-state index contributed by atoms with van der Waals surface area (Å²) in [5, 5.41) is 7.13.